The quantitative estimate of drug-likeness (QED) is 0.256. The van der Waals surface area contributed by atoms with Crippen LogP contribution in [0.4, 0.5) is 0 Å². The van der Waals surface area contributed by atoms with Crippen molar-refractivity contribution in [1.82, 2.24) is 19.5 Å². The lowest BCUT2D eigenvalue weighted by Crippen LogP contribution is -2.40. The third kappa shape index (κ3) is 5.19. The van der Waals surface area contributed by atoms with E-state index in [2.05, 4.69) is 15.0 Å². The summed E-state index contributed by atoms with van der Waals surface area (Å²) in [5, 5.41) is 0.443. The monoisotopic (exact) mass is 519 g/mol. The fourth-order valence-electron chi connectivity index (χ4n) is 3.75. The van der Waals surface area contributed by atoms with E-state index in [1.807, 2.05) is 0 Å². The Kier molecular flexibility index (Phi) is 6.17. The van der Waals surface area contributed by atoms with Crippen LogP contribution in [0.25, 0.3) is 11.2 Å². The molecule has 0 aliphatic carbocycles. The summed E-state index contributed by atoms with van der Waals surface area (Å²) in [4.78, 5) is 61.4. The predicted octanol–water partition coefficient (Wildman–Crippen LogP) is 2.03. The maximum absolute atomic E-state index is 13.1. The molecule has 1 aliphatic rings. The van der Waals surface area contributed by atoms with Gasteiger partial charge < -0.3 is 18.9 Å². The number of rotatable bonds is 7. The van der Waals surface area contributed by atoms with Gasteiger partial charge in [0, 0.05) is 35.4 Å². The van der Waals surface area contributed by atoms with Crippen molar-refractivity contribution >= 4 is 46.5 Å². The van der Waals surface area contributed by atoms with E-state index in [0.29, 0.717) is 10.6 Å². The molecule has 1 unspecified atom stereocenters. The van der Waals surface area contributed by atoms with Gasteiger partial charge in [0.05, 0.1) is 6.33 Å². The molecule has 2 aromatic heterocycles. The Morgan fingerprint density at radius 2 is 1.69 bits per heavy atom. The molecule has 1 saturated heterocycles. The molecule has 3 aromatic rings. The lowest BCUT2D eigenvalue weighted by molar-refractivity contribution is -0.166. The highest BCUT2D eigenvalue weighted by Gasteiger charge is 2.51. The number of ether oxygens (including phenoxy) is 4. The summed E-state index contributed by atoms with van der Waals surface area (Å²) in [6.07, 6.45) is -2.78. The van der Waals surface area contributed by atoms with Crippen molar-refractivity contribution in [2.24, 2.45) is 0 Å². The van der Waals surface area contributed by atoms with Gasteiger partial charge >= 0.3 is 17.9 Å². The number of hydrogen-bond acceptors (Lipinski definition) is 11. The number of carbonyl (C=O) groups is 4. The third-order valence-electron chi connectivity index (χ3n) is 5.18. The van der Waals surface area contributed by atoms with E-state index in [9.17, 15) is 19.2 Å². The van der Waals surface area contributed by atoms with Gasteiger partial charge in [0.1, 0.15) is 30.2 Å². The standard InChI is InChI=1S/C23H21ClN4O8/c1-11(29)33-8-16-20(34-12(2)30)21(35-13(3)31)23(36-16)28-10-27-18-17(25-9-26-22(18)28)19(32)14-4-6-15(24)7-5-14/h4-7,9-10,16,20-21,23H,8H2,1-3H3/t16-,20-,21-,23?/m1/s1/i1D,2D,3D. The van der Waals surface area contributed by atoms with Crippen molar-refractivity contribution in [1.29, 1.82) is 0 Å². The van der Waals surface area contributed by atoms with E-state index in [1.165, 1.54) is 23.0 Å². The van der Waals surface area contributed by atoms with E-state index in [4.69, 9.17) is 34.7 Å². The van der Waals surface area contributed by atoms with E-state index in [1.54, 1.807) is 12.1 Å². The number of nitrogens with zero attached hydrogens (tertiary/aromatic N) is 4. The van der Waals surface area contributed by atoms with Crippen molar-refractivity contribution in [3.8, 4) is 0 Å². The van der Waals surface area contributed by atoms with Gasteiger partial charge in [-0.3, -0.25) is 23.7 Å². The maximum atomic E-state index is 13.1. The number of esters is 3. The Labute approximate surface area is 213 Å². The molecule has 12 nitrogen and oxygen atoms in total. The van der Waals surface area contributed by atoms with Gasteiger partial charge in [-0.2, -0.15) is 0 Å². The van der Waals surface area contributed by atoms with E-state index in [-0.39, 0.29) is 16.9 Å². The molecule has 0 amide bonds. The second-order valence-electron chi connectivity index (χ2n) is 7.54. The van der Waals surface area contributed by atoms with Crippen molar-refractivity contribution in [3.63, 3.8) is 0 Å². The molecule has 0 saturated carbocycles. The highest BCUT2D eigenvalue weighted by molar-refractivity contribution is 6.30. The van der Waals surface area contributed by atoms with Gasteiger partial charge in [0.25, 0.3) is 0 Å². The molecule has 4 rings (SSSR count). The maximum Gasteiger partial charge on any atom is 0.303 e. The number of hydrogen-bond donors (Lipinski definition) is 0. The van der Waals surface area contributed by atoms with E-state index >= 15 is 0 Å². The zero-order chi connectivity index (χ0) is 28.1. The first-order valence-corrected chi connectivity index (χ1v) is 10.7. The van der Waals surface area contributed by atoms with Crippen LogP contribution in [0.15, 0.2) is 36.9 Å². The fourth-order valence-corrected chi connectivity index (χ4v) is 3.88. The molecular weight excluding hydrogens is 496 g/mol. The smallest absolute Gasteiger partial charge is 0.303 e. The molecule has 1 aliphatic heterocycles. The Balaban J connectivity index is 1.74. The Hall–Kier alpha value is -3.90. The first-order valence-electron chi connectivity index (χ1n) is 12.4. The van der Waals surface area contributed by atoms with Crippen LogP contribution in [0.2, 0.25) is 5.02 Å². The molecule has 188 valence electrons. The summed E-state index contributed by atoms with van der Waals surface area (Å²) < 4.78 is 44.7. The van der Waals surface area contributed by atoms with Crippen molar-refractivity contribution in [2.75, 3.05) is 6.61 Å². The summed E-state index contributed by atoms with van der Waals surface area (Å²) >= 11 is 5.91. The minimum atomic E-state index is -1.37. The number of imidazole rings is 1. The highest BCUT2D eigenvalue weighted by atomic mass is 35.5. The Morgan fingerprint density at radius 1 is 1.00 bits per heavy atom. The van der Waals surface area contributed by atoms with Crippen LogP contribution in [0, 0.1) is 0 Å². The minimum absolute atomic E-state index is 0.0307. The summed E-state index contributed by atoms with van der Waals surface area (Å²) in [6.45, 7) is -2.65. The van der Waals surface area contributed by atoms with Crippen LogP contribution < -0.4 is 0 Å². The van der Waals surface area contributed by atoms with Gasteiger partial charge in [0.2, 0.25) is 5.78 Å². The molecule has 13 heteroatoms. The van der Waals surface area contributed by atoms with Crippen molar-refractivity contribution in [2.45, 2.75) is 45.2 Å². The predicted molar refractivity (Wildman–Crippen MR) is 122 cm³/mol. The topological polar surface area (TPSA) is 149 Å². The van der Waals surface area contributed by atoms with Crippen LogP contribution in [0.3, 0.4) is 0 Å². The molecule has 1 aromatic carbocycles. The molecule has 0 N–H and O–H groups in total. The summed E-state index contributed by atoms with van der Waals surface area (Å²) in [5.74, 6) is -3.28. The molecule has 4 atom stereocenters. The Bertz CT molecular complexity index is 1390. The highest BCUT2D eigenvalue weighted by Crippen LogP contribution is 2.36. The number of halogens is 1. The molecule has 0 radical (unpaired) electrons. The number of ketones is 1. The number of benzene rings is 1. The number of carbonyl (C=O) groups excluding carboxylic acids is 4. The zero-order valence-corrected chi connectivity index (χ0v) is 19.3. The average molecular weight is 520 g/mol. The lowest BCUT2D eigenvalue weighted by Gasteiger charge is -2.23. The number of aromatic nitrogens is 4. The normalized spacial score (nSPS) is 22.3. The van der Waals surface area contributed by atoms with Crippen LogP contribution in [0.5, 0.6) is 0 Å². The van der Waals surface area contributed by atoms with Gasteiger partial charge in [-0.05, 0) is 24.3 Å². The second-order valence-corrected chi connectivity index (χ2v) is 7.98. The van der Waals surface area contributed by atoms with Gasteiger partial charge in [-0.25, -0.2) is 15.0 Å². The van der Waals surface area contributed by atoms with E-state index in [0.717, 1.165) is 6.33 Å². The SMILES string of the molecule is [2H]CC(=O)OC[C@H]1OC(n2cnc3c(C(=O)c4ccc(Cl)cc4)ncnc32)[C@H](OC(=O)C[2H])[C@@H]1OC(=O)C[2H]. The molecule has 0 bridgehead atoms. The first kappa shape index (κ1) is 21.4. The Morgan fingerprint density at radius 3 is 2.39 bits per heavy atom. The fraction of sp³-hybridized carbons (Fsp3) is 0.348. The van der Waals surface area contributed by atoms with Crippen LogP contribution in [-0.4, -0.2) is 68.1 Å². The van der Waals surface area contributed by atoms with Gasteiger partial charge in [0.15, 0.2) is 24.1 Å². The largest absolute Gasteiger partial charge is 0.463 e. The van der Waals surface area contributed by atoms with Gasteiger partial charge in [-0.1, -0.05) is 11.6 Å². The molecule has 1 fully saturated rings. The molecule has 36 heavy (non-hydrogen) atoms. The third-order valence-corrected chi connectivity index (χ3v) is 5.44. The second kappa shape index (κ2) is 10.4. The molecular formula is C23H21ClN4O8. The average Bonchev–Trinajstić information content (AvgIpc) is 3.52. The van der Waals surface area contributed by atoms with Crippen LogP contribution in [0.1, 0.15) is 47.1 Å². The minimum Gasteiger partial charge on any atom is -0.463 e. The van der Waals surface area contributed by atoms with Gasteiger partial charge in [-0.15, -0.1) is 0 Å². The zero-order valence-electron chi connectivity index (χ0n) is 21.5. The molecule has 3 heterocycles. The first-order chi connectivity index (χ1) is 18.8. The molecule has 0 spiro atoms. The summed E-state index contributed by atoms with van der Waals surface area (Å²) in [5.41, 5.74) is 0.466. The van der Waals surface area contributed by atoms with Crippen LogP contribution in [-0.2, 0) is 33.3 Å². The summed E-state index contributed by atoms with van der Waals surface area (Å²) in [7, 11) is 0. The number of fused-ring (bicyclic) bond motifs is 1. The summed E-state index contributed by atoms with van der Waals surface area (Å²) in [6, 6.07) is 6.16. The van der Waals surface area contributed by atoms with Crippen molar-refractivity contribution < 1.29 is 42.2 Å². The van der Waals surface area contributed by atoms with Crippen molar-refractivity contribution in [3.05, 3.63) is 53.2 Å². The van der Waals surface area contributed by atoms with E-state index < -0.39 is 75.5 Å². The van der Waals surface area contributed by atoms with Crippen LogP contribution >= 0.6 is 11.6 Å². The lowest BCUT2D eigenvalue weighted by atomic mass is 10.1.